The number of hydrogen-bond donors (Lipinski definition) is 1. The van der Waals surface area contributed by atoms with Crippen molar-refractivity contribution < 1.29 is 24.2 Å². The summed E-state index contributed by atoms with van der Waals surface area (Å²) in [6.45, 7) is 7.34. The molecular formula is C30H38N2O5S. The van der Waals surface area contributed by atoms with E-state index in [4.69, 9.17) is 9.84 Å². The fourth-order valence-electron chi connectivity index (χ4n) is 6.91. The Kier molecular flexibility index (Phi) is 7.48. The van der Waals surface area contributed by atoms with Crippen LogP contribution in [0, 0.1) is 25.7 Å². The van der Waals surface area contributed by atoms with Crippen molar-refractivity contribution in [2.45, 2.75) is 68.4 Å². The number of thioether (sulfide) groups is 1. The van der Waals surface area contributed by atoms with Crippen LogP contribution in [0.15, 0.2) is 42.5 Å². The number of unbranched alkanes of at least 4 members (excludes halogenated alkanes) is 3. The molecular weight excluding hydrogens is 500 g/mol. The third-order valence-electron chi connectivity index (χ3n) is 8.54. The molecule has 4 aliphatic rings. The summed E-state index contributed by atoms with van der Waals surface area (Å²) in [6.07, 6.45) is 12.0. The Balaban J connectivity index is 1.59. The molecule has 204 valence electrons. The molecule has 38 heavy (non-hydrogen) atoms. The van der Waals surface area contributed by atoms with E-state index in [1.807, 2.05) is 56.0 Å². The summed E-state index contributed by atoms with van der Waals surface area (Å²) < 4.78 is 4.10. The van der Waals surface area contributed by atoms with E-state index in [2.05, 4.69) is 12.2 Å². The molecule has 7 nitrogen and oxygen atoms in total. The minimum atomic E-state index is -0.863. The first-order chi connectivity index (χ1) is 18.2. The van der Waals surface area contributed by atoms with Gasteiger partial charge in [-0.05, 0) is 51.2 Å². The molecule has 0 saturated carbocycles. The summed E-state index contributed by atoms with van der Waals surface area (Å²) in [4.78, 5) is 45.9. The highest BCUT2D eigenvalue weighted by Crippen LogP contribution is 2.65. The fraction of sp³-hybridized carbons (Fsp3) is 0.567. The van der Waals surface area contributed by atoms with Gasteiger partial charge in [0.25, 0.3) is 5.91 Å². The average molecular weight is 539 g/mol. The van der Waals surface area contributed by atoms with Crippen LogP contribution in [0.3, 0.4) is 0 Å². The van der Waals surface area contributed by atoms with Gasteiger partial charge < -0.3 is 19.6 Å². The number of carbonyl (C=O) groups excluding carboxylic acids is 3. The van der Waals surface area contributed by atoms with E-state index in [1.165, 1.54) is 0 Å². The molecule has 2 amide bonds. The molecule has 1 aromatic rings. The second-order valence-electron chi connectivity index (χ2n) is 11.1. The van der Waals surface area contributed by atoms with Crippen molar-refractivity contribution in [3.63, 3.8) is 0 Å². The number of fused-ring (bicyclic) bond motifs is 2. The van der Waals surface area contributed by atoms with Crippen LogP contribution < -0.4 is 4.90 Å². The van der Waals surface area contributed by atoms with Gasteiger partial charge >= 0.3 is 5.97 Å². The molecule has 4 aliphatic heterocycles. The SMILES string of the molecule is Cc1cccc(C)c1N1CC=C[C@]23S[C@@]4(C)C=CCCOC(=O)[C@H]4[C@H]2C(=O)N(CCCCCCO)C3C1=O. The first-order valence-corrected chi connectivity index (χ1v) is 14.6. The zero-order valence-corrected chi connectivity index (χ0v) is 23.3. The van der Waals surface area contributed by atoms with Crippen molar-refractivity contribution >= 4 is 35.2 Å². The Morgan fingerprint density at radius 1 is 1.00 bits per heavy atom. The van der Waals surface area contributed by atoms with Crippen molar-refractivity contribution in [3.8, 4) is 0 Å². The second kappa shape index (κ2) is 10.5. The molecule has 1 aromatic carbocycles. The highest BCUT2D eigenvalue weighted by Gasteiger charge is 2.73. The molecule has 0 bridgehead atoms. The molecule has 0 aromatic heterocycles. The smallest absolute Gasteiger partial charge is 0.311 e. The van der Waals surface area contributed by atoms with Gasteiger partial charge in [0, 0.05) is 30.1 Å². The highest BCUT2D eigenvalue weighted by molar-refractivity contribution is 8.02. The van der Waals surface area contributed by atoms with Crippen LogP contribution in [0.2, 0.25) is 0 Å². The van der Waals surface area contributed by atoms with Crippen LogP contribution in [0.1, 0.15) is 50.2 Å². The number of esters is 1. The Labute approximate surface area is 229 Å². The number of nitrogens with zero attached hydrogens (tertiary/aromatic N) is 2. The summed E-state index contributed by atoms with van der Waals surface area (Å²) in [5.41, 5.74) is 2.91. The number of carbonyl (C=O) groups is 3. The summed E-state index contributed by atoms with van der Waals surface area (Å²) in [5, 5.41) is 9.16. The van der Waals surface area contributed by atoms with Gasteiger partial charge in [0.2, 0.25) is 5.91 Å². The lowest BCUT2D eigenvalue weighted by Gasteiger charge is -2.37. The summed E-state index contributed by atoms with van der Waals surface area (Å²) >= 11 is 1.59. The quantitative estimate of drug-likeness (QED) is 0.321. The van der Waals surface area contributed by atoms with Gasteiger partial charge in [-0.25, -0.2) is 0 Å². The maximum Gasteiger partial charge on any atom is 0.311 e. The molecule has 1 spiro atoms. The molecule has 0 aliphatic carbocycles. The highest BCUT2D eigenvalue weighted by atomic mass is 32.2. The Bertz CT molecular complexity index is 1160. The molecule has 5 rings (SSSR count). The predicted octanol–water partition coefficient (Wildman–Crippen LogP) is 3.95. The minimum Gasteiger partial charge on any atom is -0.465 e. The van der Waals surface area contributed by atoms with Crippen LogP contribution >= 0.6 is 11.8 Å². The Morgan fingerprint density at radius 2 is 1.74 bits per heavy atom. The number of ether oxygens (including phenoxy) is 1. The van der Waals surface area contributed by atoms with Gasteiger partial charge in [-0.15, -0.1) is 11.8 Å². The predicted molar refractivity (Wildman–Crippen MR) is 149 cm³/mol. The summed E-state index contributed by atoms with van der Waals surface area (Å²) in [5.74, 6) is -1.91. The lowest BCUT2D eigenvalue weighted by Crippen LogP contribution is -2.53. The zero-order chi connectivity index (χ0) is 27.1. The van der Waals surface area contributed by atoms with Crippen LogP contribution in [0.5, 0.6) is 0 Å². The molecule has 4 heterocycles. The number of anilines is 1. The van der Waals surface area contributed by atoms with Crippen molar-refractivity contribution in [2.24, 2.45) is 11.8 Å². The minimum absolute atomic E-state index is 0.0960. The number of aliphatic hydroxyl groups excluding tert-OH is 1. The molecule has 0 radical (unpaired) electrons. The van der Waals surface area contributed by atoms with Gasteiger partial charge in [-0.3, -0.25) is 14.4 Å². The van der Waals surface area contributed by atoms with Crippen molar-refractivity contribution in [1.29, 1.82) is 0 Å². The van der Waals surface area contributed by atoms with Crippen LogP contribution in [0.25, 0.3) is 0 Å². The summed E-state index contributed by atoms with van der Waals surface area (Å²) in [6, 6.07) is 5.29. The van der Waals surface area contributed by atoms with Crippen LogP contribution in [-0.2, 0) is 19.1 Å². The molecule has 2 fully saturated rings. The van der Waals surface area contributed by atoms with Gasteiger partial charge in [0.05, 0.1) is 23.2 Å². The molecule has 1 N–H and O–H groups in total. The van der Waals surface area contributed by atoms with Gasteiger partial charge in [0.15, 0.2) is 0 Å². The van der Waals surface area contributed by atoms with Crippen molar-refractivity contribution in [2.75, 3.05) is 31.2 Å². The summed E-state index contributed by atoms with van der Waals surface area (Å²) in [7, 11) is 0. The first kappa shape index (κ1) is 27.0. The average Bonchev–Trinajstić information content (AvgIpc) is 3.18. The van der Waals surface area contributed by atoms with Crippen molar-refractivity contribution in [3.05, 3.63) is 53.6 Å². The number of aryl methyl sites for hydroxylation is 2. The van der Waals surface area contributed by atoms with Crippen molar-refractivity contribution in [1.82, 2.24) is 4.90 Å². The Hall–Kier alpha value is -2.58. The van der Waals surface area contributed by atoms with Gasteiger partial charge in [0.1, 0.15) is 6.04 Å². The topological polar surface area (TPSA) is 87.2 Å². The zero-order valence-electron chi connectivity index (χ0n) is 22.5. The number of amides is 2. The number of cyclic esters (lactones) is 1. The maximum absolute atomic E-state index is 14.6. The number of aliphatic hydroxyl groups is 1. The molecule has 2 saturated heterocycles. The number of rotatable bonds is 7. The van der Waals surface area contributed by atoms with E-state index in [-0.39, 0.29) is 24.4 Å². The van der Waals surface area contributed by atoms with Gasteiger partial charge in [-0.2, -0.15) is 0 Å². The van der Waals surface area contributed by atoms with Gasteiger partial charge in [-0.1, -0.05) is 55.3 Å². The van der Waals surface area contributed by atoms with Crippen LogP contribution in [-0.4, -0.2) is 69.6 Å². The third-order valence-corrected chi connectivity index (χ3v) is 10.3. The van der Waals surface area contributed by atoms with Crippen LogP contribution in [0.4, 0.5) is 5.69 Å². The maximum atomic E-state index is 14.6. The second-order valence-corrected chi connectivity index (χ2v) is 12.9. The fourth-order valence-corrected chi connectivity index (χ4v) is 9.06. The largest absolute Gasteiger partial charge is 0.465 e. The van der Waals surface area contributed by atoms with E-state index in [0.29, 0.717) is 26.1 Å². The molecule has 5 atom stereocenters. The van der Waals surface area contributed by atoms with E-state index in [0.717, 1.165) is 42.5 Å². The number of likely N-dealkylation sites (tertiary alicyclic amines) is 1. The van der Waals surface area contributed by atoms with E-state index < -0.39 is 27.4 Å². The van der Waals surface area contributed by atoms with E-state index in [1.54, 1.807) is 16.7 Å². The number of benzene rings is 1. The molecule has 8 heteroatoms. The van der Waals surface area contributed by atoms with E-state index in [9.17, 15) is 14.4 Å². The Morgan fingerprint density at radius 3 is 2.47 bits per heavy atom. The number of para-hydroxylation sites is 1. The lowest BCUT2D eigenvalue weighted by molar-refractivity contribution is -0.154. The van der Waals surface area contributed by atoms with E-state index >= 15 is 0 Å². The molecule has 1 unspecified atom stereocenters. The number of hydrogen-bond acceptors (Lipinski definition) is 6. The normalized spacial score (nSPS) is 32.4. The monoisotopic (exact) mass is 538 g/mol. The standard InChI is InChI=1S/C30H38N2O5S/c1-20-12-10-13-21(2)24(20)31-17-11-15-30-22(23-28(36)37-19-9-6-14-29(23,3)38-30)26(34)32(25(30)27(31)35)16-7-4-5-8-18-33/h6,10-15,22-23,25,33H,4-5,7-9,16-19H2,1-3H3/t22-,23+,25?,29-,30-/m0/s1. The lowest BCUT2D eigenvalue weighted by atomic mass is 9.74. The first-order valence-electron chi connectivity index (χ1n) is 13.8. The third kappa shape index (κ3) is 4.30.